The van der Waals surface area contributed by atoms with Crippen LogP contribution in [-0.4, -0.2) is 10.9 Å². The van der Waals surface area contributed by atoms with Crippen LogP contribution in [0.15, 0.2) is 12.1 Å². The first kappa shape index (κ1) is 8.52. The molecule has 0 spiro atoms. The number of nitrogens with two attached hydrogens (primary N) is 1. The minimum atomic E-state index is -0.696. The van der Waals surface area contributed by atoms with E-state index in [9.17, 15) is 9.18 Å². The number of benzene rings is 1. The van der Waals surface area contributed by atoms with Gasteiger partial charge in [-0.05, 0) is 13.0 Å². The van der Waals surface area contributed by atoms with Gasteiger partial charge in [0.05, 0.1) is 11.3 Å². The maximum atomic E-state index is 12.7. The lowest BCUT2D eigenvalue weighted by Gasteiger charge is -2.02. The molecule has 0 aliphatic rings. The third-order valence-electron chi connectivity index (χ3n) is 1.49. The Labute approximate surface area is 68.6 Å². The molecule has 0 aliphatic carbocycles. The number of hydrogen-bond donors (Lipinski definition) is 2. The molecule has 0 aliphatic heterocycles. The van der Waals surface area contributed by atoms with Gasteiger partial charge < -0.3 is 10.8 Å². The standard InChI is InChI=1S/C8H8FNO2/c1-4(11)5-2-6(9)7(10)3-8(5)12/h2-3,12H,10H2,1H3. The molecule has 12 heavy (non-hydrogen) atoms. The zero-order chi connectivity index (χ0) is 9.30. The molecule has 64 valence electrons. The Hall–Kier alpha value is -1.58. The molecular weight excluding hydrogens is 161 g/mol. The number of ketones is 1. The van der Waals surface area contributed by atoms with Gasteiger partial charge in [-0.1, -0.05) is 0 Å². The van der Waals surface area contributed by atoms with Crippen LogP contribution in [0, 0.1) is 5.82 Å². The molecule has 0 saturated carbocycles. The monoisotopic (exact) mass is 169 g/mol. The molecule has 0 amide bonds. The number of hydrogen-bond acceptors (Lipinski definition) is 3. The third-order valence-corrected chi connectivity index (χ3v) is 1.49. The summed E-state index contributed by atoms with van der Waals surface area (Å²) in [6.07, 6.45) is 0. The van der Waals surface area contributed by atoms with Gasteiger partial charge in [-0.3, -0.25) is 4.79 Å². The summed E-state index contributed by atoms with van der Waals surface area (Å²) in [5.74, 6) is -1.38. The first-order valence-corrected chi connectivity index (χ1v) is 3.31. The average Bonchev–Trinajstić information content (AvgIpc) is 1.96. The molecule has 4 heteroatoms. The smallest absolute Gasteiger partial charge is 0.163 e. The van der Waals surface area contributed by atoms with Gasteiger partial charge in [0.15, 0.2) is 5.78 Å². The molecule has 3 N–H and O–H groups in total. The van der Waals surface area contributed by atoms with E-state index in [0.29, 0.717) is 0 Å². The van der Waals surface area contributed by atoms with Crippen molar-refractivity contribution in [2.45, 2.75) is 6.92 Å². The minimum Gasteiger partial charge on any atom is -0.507 e. The van der Waals surface area contributed by atoms with Gasteiger partial charge in [-0.25, -0.2) is 4.39 Å². The first-order chi connectivity index (χ1) is 5.52. The lowest BCUT2D eigenvalue weighted by atomic mass is 10.1. The fourth-order valence-corrected chi connectivity index (χ4v) is 0.860. The van der Waals surface area contributed by atoms with E-state index >= 15 is 0 Å². The fraction of sp³-hybridized carbons (Fsp3) is 0.125. The number of carbonyl (C=O) groups is 1. The molecule has 0 radical (unpaired) electrons. The lowest BCUT2D eigenvalue weighted by molar-refractivity contribution is 0.101. The van der Waals surface area contributed by atoms with Crippen LogP contribution in [0.3, 0.4) is 0 Å². The second-order valence-electron chi connectivity index (χ2n) is 2.45. The molecule has 0 atom stereocenters. The molecule has 1 aromatic rings. The van der Waals surface area contributed by atoms with Gasteiger partial charge in [0.1, 0.15) is 11.6 Å². The number of carbonyl (C=O) groups excluding carboxylic acids is 1. The largest absolute Gasteiger partial charge is 0.507 e. The van der Waals surface area contributed by atoms with Gasteiger partial charge in [0.25, 0.3) is 0 Å². The summed E-state index contributed by atoms with van der Waals surface area (Å²) < 4.78 is 12.7. The second kappa shape index (κ2) is 2.81. The van der Waals surface area contributed by atoms with Crippen LogP contribution in [0.2, 0.25) is 0 Å². The van der Waals surface area contributed by atoms with Crippen molar-refractivity contribution in [2.75, 3.05) is 5.73 Å². The van der Waals surface area contributed by atoms with E-state index in [4.69, 9.17) is 10.8 Å². The topological polar surface area (TPSA) is 63.3 Å². The predicted octanol–water partition coefficient (Wildman–Crippen LogP) is 1.32. The molecule has 1 aromatic carbocycles. The number of Topliss-reactive ketones (excluding diaryl/α,β-unsaturated/α-hetero) is 1. The maximum absolute atomic E-state index is 12.7. The molecule has 0 heterocycles. The van der Waals surface area contributed by atoms with Gasteiger partial charge in [0, 0.05) is 6.07 Å². The molecule has 0 aromatic heterocycles. The third kappa shape index (κ3) is 1.37. The number of rotatable bonds is 1. The van der Waals surface area contributed by atoms with Gasteiger partial charge in [0.2, 0.25) is 0 Å². The quantitative estimate of drug-likeness (QED) is 0.492. The zero-order valence-electron chi connectivity index (χ0n) is 6.47. The van der Waals surface area contributed by atoms with Gasteiger partial charge in [-0.2, -0.15) is 0 Å². The van der Waals surface area contributed by atoms with Crippen LogP contribution in [0.1, 0.15) is 17.3 Å². The van der Waals surface area contributed by atoms with Crippen LogP contribution >= 0.6 is 0 Å². The highest BCUT2D eigenvalue weighted by Gasteiger charge is 2.09. The van der Waals surface area contributed by atoms with Crippen molar-refractivity contribution in [3.05, 3.63) is 23.5 Å². The van der Waals surface area contributed by atoms with Crippen molar-refractivity contribution in [1.82, 2.24) is 0 Å². The van der Waals surface area contributed by atoms with Crippen molar-refractivity contribution >= 4 is 11.5 Å². The van der Waals surface area contributed by atoms with E-state index in [2.05, 4.69) is 0 Å². The Morgan fingerprint density at radius 2 is 2.17 bits per heavy atom. The molecule has 0 saturated heterocycles. The maximum Gasteiger partial charge on any atom is 0.163 e. The van der Waals surface area contributed by atoms with Crippen LogP contribution < -0.4 is 5.73 Å². The number of aromatic hydroxyl groups is 1. The number of nitrogen functional groups attached to an aromatic ring is 1. The SMILES string of the molecule is CC(=O)c1cc(F)c(N)cc1O. The van der Waals surface area contributed by atoms with Gasteiger partial charge in [-0.15, -0.1) is 0 Å². The van der Waals surface area contributed by atoms with Crippen molar-refractivity contribution in [2.24, 2.45) is 0 Å². The molecule has 0 bridgehead atoms. The predicted molar refractivity (Wildman–Crippen MR) is 42.5 cm³/mol. The highest BCUT2D eigenvalue weighted by molar-refractivity contribution is 5.97. The number of halogens is 1. The number of phenols is 1. The Morgan fingerprint density at radius 1 is 1.58 bits per heavy atom. The molecule has 0 fully saturated rings. The Morgan fingerprint density at radius 3 is 2.67 bits per heavy atom. The summed E-state index contributed by atoms with van der Waals surface area (Å²) in [5.41, 5.74) is 4.92. The van der Waals surface area contributed by atoms with Crippen LogP contribution in [0.5, 0.6) is 5.75 Å². The first-order valence-electron chi connectivity index (χ1n) is 3.31. The molecule has 0 unspecified atom stereocenters. The molecule has 3 nitrogen and oxygen atoms in total. The lowest BCUT2D eigenvalue weighted by Crippen LogP contribution is -1.97. The summed E-state index contributed by atoms with van der Waals surface area (Å²) in [4.78, 5) is 10.8. The zero-order valence-corrected chi connectivity index (χ0v) is 6.47. The normalized spacial score (nSPS) is 9.83. The number of anilines is 1. The highest BCUT2D eigenvalue weighted by atomic mass is 19.1. The fourth-order valence-electron chi connectivity index (χ4n) is 0.860. The summed E-state index contributed by atoms with van der Waals surface area (Å²) in [7, 11) is 0. The molecular formula is C8H8FNO2. The van der Waals surface area contributed by atoms with Crippen molar-refractivity contribution in [3.63, 3.8) is 0 Å². The summed E-state index contributed by atoms with van der Waals surface area (Å²) in [6.45, 7) is 1.24. The summed E-state index contributed by atoms with van der Waals surface area (Å²) in [6, 6.07) is 1.94. The van der Waals surface area contributed by atoms with Crippen molar-refractivity contribution in [3.8, 4) is 5.75 Å². The van der Waals surface area contributed by atoms with Crippen molar-refractivity contribution in [1.29, 1.82) is 0 Å². The van der Waals surface area contributed by atoms with E-state index in [-0.39, 0.29) is 17.0 Å². The molecule has 1 rings (SSSR count). The van der Waals surface area contributed by atoms with E-state index in [0.717, 1.165) is 12.1 Å². The van der Waals surface area contributed by atoms with E-state index < -0.39 is 11.6 Å². The van der Waals surface area contributed by atoms with Crippen molar-refractivity contribution < 1.29 is 14.3 Å². The Balaban J connectivity index is 3.33. The summed E-state index contributed by atoms with van der Waals surface area (Å²) >= 11 is 0. The van der Waals surface area contributed by atoms with E-state index in [1.54, 1.807) is 0 Å². The number of phenolic OH excluding ortho intramolecular Hbond substituents is 1. The van der Waals surface area contributed by atoms with E-state index in [1.807, 2.05) is 0 Å². The second-order valence-corrected chi connectivity index (χ2v) is 2.45. The van der Waals surface area contributed by atoms with Crippen LogP contribution in [0.4, 0.5) is 10.1 Å². The minimum absolute atomic E-state index is 0.0540. The van der Waals surface area contributed by atoms with E-state index in [1.165, 1.54) is 6.92 Å². The van der Waals surface area contributed by atoms with Crippen LogP contribution in [0.25, 0.3) is 0 Å². The van der Waals surface area contributed by atoms with Crippen LogP contribution in [-0.2, 0) is 0 Å². The Kier molecular flexibility index (Phi) is 1.99. The summed E-state index contributed by atoms with van der Waals surface area (Å²) in [5, 5.41) is 9.12. The van der Waals surface area contributed by atoms with Gasteiger partial charge >= 0.3 is 0 Å². The highest BCUT2D eigenvalue weighted by Crippen LogP contribution is 2.23. The Bertz CT molecular complexity index is 336. The average molecular weight is 169 g/mol.